The zero-order valence-electron chi connectivity index (χ0n) is 8.00. The molecule has 0 aliphatic rings. The fraction of sp³-hybridized carbons (Fsp3) is 0. The number of nitrogens with two attached hydrogens (primary N) is 1. The van der Waals surface area contributed by atoms with Gasteiger partial charge in [0.25, 0.3) is 5.91 Å². The lowest BCUT2D eigenvalue weighted by molar-refractivity contribution is 0.0995. The number of benzene rings is 1. The number of amides is 1. The number of H-pyrrole nitrogens is 1. The van der Waals surface area contributed by atoms with Crippen molar-refractivity contribution in [3.05, 3.63) is 40.0 Å². The minimum Gasteiger partial charge on any atom is -0.364 e. The Bertz CT molecular complexity index is 551. The van der Waals surface area contributed by atoms with Crippen LogP contribution in [0.4, 0.5) is 0 Å². The zero-order chi connectivity index (χ0) is 11.7. The highest BCUT2D eigenvalue weighted by molar-refractivity contribution is 6.35. The Labute approximate surface area is 101 Å². The molecule has 2 aromatic rings. The molecule has 0 saturated carbocycles. The minimum atomic E-state index is -0.572. The molecular formula is C10H7Cl2N3O. The Morgan fingerprint density at radius 1 is 1.31 bits per heavy atom. The number of aromatic nitrogens is 2. The summed E-state index contributed by atoms with van der Waals surface area (Å²) in [5.74, 6) is -0.572. The van der Waals surface area contributed by atoms with E-state index in [-0.39, 0.29) is 5.69 Å². The quantitative estimate of drug-likeness (QED) is 0.866. The van der Waals surface area contributed by atoms with Crippen molar-refractivity contribution in [1.82, 2.24) is 10.2 Å². The molecule has 4 nitrogen and oxygen atoms in total. The monoisotopic (exact) mass is 255 g/mol. The van der Waals surface area contributed by atoms with Crippen molar-refractivity contribution in [3.8, 4) is 11.3 Å². The molecule has 0 spiro atoms. The van der Waals surface area contributed by atoms with E-state index in [0.29, 0.717) is 21.3 Å². The maximum absolute atomic E-state index is 10.9. The van der Waals surface area contributed by atoms with Crippen molar-refractivity contribution < 1.29 is 4.79 Å². The predicted octanol–water partition coefficient (Wildman–Crippen LogP) is 2.48. The number of nitrogens with one attached hydrogen (secondary N) is 1. The third kappa shape index (κ3) is 2.03. The second kappa shape index (κ2) is 4.15. The number of hydrogen-bond acceptors (Lipinski definition) is 2. The molecule has 0 saturated heterocycles. The summed E-state index contributed by atoms with van der Waals surface area (Å²) in [5.41, 5.74) is 6.51. The third-order valence-electron chi connectivity index (χ3n) is 2.05. The summed E-state index contributed by atoms with van der Waals surface area (Å²) in [5, 5.41) is 7.52. The number of carbonyl (C=O) groups is 1. The van der Waals surface area contributed by atoms with Crippen molar-refractivity contribution in [3.63, 3.8) is 0 Å². The van der Waals surface area contributed by atoms with Gasteiger partial charge >= 0.3 is 0 Å². The molecule has 3 N–H and O–H groups in total. The molecular weight excluding hydrogens is 249 g/mol. The van der Waals surface area contributed by atoms with Gasteiger partial charge in [0, 0.05) is 10.6 Å². The molecule has 6 heteroatoms. The Hall–Kier alpha value is -1.52. The molecule has 1 amide bonds. The average molecular weight is 256 g/mol. The van der Waals surface area contributed by atoms with Gasteiger partial charge in [-0.1, -0.05) is 23.2 Å². The molecule has 1 aromatic heterocycles. The van der Waals surface area contributed by atoms with Crippen LogP contribution in [0.2, 0.25) is 10.0 Å². The van der Waals surface area contributed by atoms with E-state index in [1.54, 1.807) is 18.2 Å². The summed E-state index contributed by atoms with van der Waals surface area (Å²) in [7, 11) is 0. The SMILES string of the molecule is NC(=O)c1cc(-c2cc(Cl)ccc2Cl)n[nH]1. The molecule has 0 fully saturated rings. The number of hydrogen-bond donors (Lipinski definition) is 2. The van der Waals surface area contributed by atoms with Crippen LogP contribution in [0.3, 0.4) is 0 Å². The predicted molar refractivity (Wildman–Crippen MR) is 62.6 cm³/mol. The zero-order valence-corrected chi connectivity index (χ0v) is 9.51. The highest BCUT2D eigenvalue weighted by Crippen LogP contribution is 2.29. The van der Waals surface area contributed by atoms with Crippen molar-refractivity contribution in [2.75, 3.05) is 0 Å². The summed E-state index contributed by atoms with van der Waals surface area (Å²) >= 11 is 11.8. The standard InChI is InChI=1S/C10H7Cl2N3O/c11-5-1-2-7(12)6(3-5)8-4-9(10(13)16)15-14-8/h1-4H,(H2,13,16)(H,14,15). The smallest absolute Gasteiger partial charge is 0.266 e. The first kappa shape index (κ1) is 11.0. The van der Waals surface area contributed by atoms with E-state index in [9.17, 15) is 4.79 Å². The summed E-state index contributed by atoms with van der Waals surface area (Å²) < 4.78 is 0. The van der Waals surface area contributed by atoms with Crippen LogP contribution in [0, 0.1) is 0 Å². The molecule has 2 rings (SSSR count). The first-order chi connectivity index (χ1) is 7.58. The van der Waals surface area contributed by atoms with E-state index in [4.69, 9.17) is 28.9 Å². The van der Waals surface area contributed by atoms with Crippen LogP contribution >= 0.6 is 23.2 Å². The number of rotatable bonds is 2. The van der Waals surface area contributed by atoms with Gasteiger partial charge in [-0.3, -0.25) is 9.89 Å². The number of carbonyl (C=O) groups excluding carboxylic acids is 1. The first-order valence-corrected chi connectivity index (χ1v) is 5.14. The van der Waals surface area contributed by atoms with Crippen LogP contribution in [-0.2, 0) is 0 Å². The molecule has 0 radical (unpaired) electrons. The lowest BCUT2D eigenvalue weighted by Crippen LogP contribution is -2.10. The van der Waals surface area contributed by atoms with E-state index in [2.05, 4.69) is 10.2 Å². The van der Waals surface area contributed by atoms with Crippen LogP contribution in [0.25, 0.3) is 11.3 Å². The maximum Gasteiger partial charge on any atom is 0.266 e. The van der Waals surface area contributed by atoms with Crippen molar-refractivity contribution in [2.45, 2.75) is 0 Å². The molecule has 16 heavy (non-hydrogen) atoms. The average Bonchev–Trinajstić information content (AvgIpc) is 2.70. The molecule has 0 bridgehead atoms. The van der Waals surface area contributed by atoms with Gasteiger partial charge in [-0.25, -0.2) is 0 Å². The van der Waals surface area contributed by atoms with Crippen molar-refractivity contribution in [2.24, 2.45) is 5.73 Å². The van der Waals surface area contributed by atoms with Crippen LogP contribution in [0.15, 0.2) is 24.3 Å². The Balaban J connectivity index is 2.50. The fourth-order valence-electron chi connectivity index (χ4n) is 1.28. The van der Waals surface area contributed by atoms with Gasteiger partial charge in [-0.2, -0.15) is 5.10 Å². The van der Waals surface area contributed by atoms with Gasteiger partial charge in [0.1, 0.15) is 5.69 Å². The second-order valence-corrected chi connectivity index (χ2v) is 4.00. The molecule has 1 heterocycles. The van der Waals surface area contributed by atoms with E-state index in [1.807, 2.05) is 0 Å². The van der Waals surface area contributed by atoms with Crippen molar-refractivity contribution in [1.29, 1.82) is 0 Å². The number of halogens is 2. The Kier molecular flexibility index (Phi) is 2.85. The van der Waals surface area contributed by atoms with E-state index in [0.717, 1.165) is 0 Å². The van der Waals surface area contributed by atoms with Gasteiger partial charge in [0.2, 0.25) is 0 Å². The molecule has 1 aromatic carbocycles. The van der Waals surface area contributed by atoms with E-state index < -0.39 is 5.91 Å². The summed E-state index contributed by atoms with van der Waals surface area (Å²) in [6, 6.07) is 6.54. The summed E-state index contributed by atoms with van der Waals surface area (Å²) in [6.45, 7) is 0. The summed E-state index contributed by atoms with van der Waals surface area (Å²) in [6.07, 6.45) is 0. The van der Waals surface area contributed by atoms with Gasteiger partial charge in [-0.15, -0.1) is 0 Å². The minimum absolute atomic E-state index is 0.228. The second-order valence-electron chi connectivity index (χ2n) is 3.16. The Morgan fingerprint density at radius 2 is 2.06 bits per heavy atom. The molecule has 0 aliphatic heterocycles. The highest BCUT2D eigenvalue weighted by atomic mass is 35.5. The van der Waals surface area contributed by atoms with Gasteiger partial charge in [0.05, 0.1) is 10.7 Å². The van der Waals surface area contributed by atoms with Gasteiger partial charge in [0.15, 0.2) is 0 Å². The third-order valence-corrected chi connectivity index (χ3v) is 2.61. The highest BCUT2D eigenvalue weighted by Gasteiger charge is 2.10. The molecule has 0 aliphatic carbocycles. The van der Waals surface area contributed by atoms with Crippen LogP contribution in [0.1, 0.15) is 10.5 Å². The first-order valence-electron chi connectivity index (χ1n) is 4.38. The van der Waals surface area contributed by atoms with E-state index >= 15 is 0 Å². The Morgan fingerprint density at radius 3 is 2.69 bits per heavy atom. The normalized spacial score (nSPS) is 10.4. The number of aromatic amines is 1. The van der Waals surface area contributed by atoms with Crippen molar-refractivity contribution >= 4 is 29.1 Å². The lowest BCUT2D eigenvalue weighted by atomic mass is 10.1. The maximum atomic E-state index is 10.9. The van der Waals surface area contributed by atoms with Crippen LogP contribution in [0.5, 0.6) is 0 Å². The largest absolute Gasteiger partial charge is 0.364 e. The van der Waals surface area contributed by atoms with Gasteiger partial charge < -0.3 is 5.73 Å². The van der Waals surface area contributed by atoms with Crippen LogP contribution < -0.4 is 5.73 Å². The summed E-state index contributed by atoms with van der Waals surface area (Å²) in [4.78, 5) is 10.9. The topological polar surface area (TPSA) is 71.8 Å². The molecule has 0 atom stereocenters. The van der Waals surface area contributed by atoms with Crippen LogP contribution in [-0.4, -0.2) is 16.1 Å². The molecule has 82 valence electrons. The lowest BCUT2D eigenvalue weighted by Gasteiger charge is -2.00. The fourth-order valence-corrected chi connectivity index (χ4v) is 1.67. The number of nitrogens with zero attached hydrogens (tertiary/aromatic N) is 1. The number of primary amides is 1. The molecule has 0 unspecified atom stereocenters. The van der Waals surface area contributed by atoms with Gasteiger partial charge in [-0.05, 0) is 24.3 Å². The van der Waals surface area contributed by atoms with E-state index in [1.165, 1.54) is 6.07 Å².